The van der Waals surface area contributed by atoms with Crippen molar-refractivity contribution in [3.8, 4) is 11.5 Å². The minimum Gasteiger partial charge on any atom is -0.388 e. The first-order valence-electron chi connectivity index (χ1n) is 8.67. The largest absolute Gasteiger partial charge is 0.437 e. The van der Waals surface area contributed by atoms with Crippen molar-refractivity contribution in [3.63, 3.8) is 0 Å². The van der Waals surface area contributed by atoms with Crippen LogP contribution in [-0.4, -0.2) is 25.1 Å². The molecule has 0 amide bonds. The van der Waals surface area contributed by atoms with Crippen LogP contribution in [0.25, 0.3) is 11.5 Å². The van der Waals surface area contributed by atoms with Gasteiger partial charge in [0.15, 0.2) is 5.78 Å². The fourth-order valence-electron chi connectivity index (χ4n) is 2.73. The molecule has 2 heterocycles. The summed E-state index contributed by atoms with van der Waals surface area (Å²) in [7, 11) is 0. The lowest BCUT2D eigenvalue weighted by Gasteiger charge is -2.13. The molecular weight excluding hydrogens is 385 g/mol. The van der Waals surface area contributed by atoms with E-state index in [0.717, 1.165) is 21.4 Å². The van der Waals surface area contributed by atoms with Crippen molar-refractivity contribution in [2.24, 2.45) is 5.92 Å². The zero-order chi connectivity index (χ0) is 21.3. The van der Waals surface area contributed by atoms with Crippen LogP contribution in [0.2, 0.25) is 0 Å². The first kappa shape index (κ1) is 20.0. The number of H-pyrrole nitrogens is 1. The Kier molecular flexibility index (Phi) is 5.31. The Hall–Kier alpha value is -3.76. The molecule has 1 aromatic carbocycles. The first-order chi connectivity index (χ1) is 13.7. The quantitative estimate of drug-likeness (QED) is 0.573. The topological polar surface area (TPSA) is 146 Å². The van der Waals surface area contributed by atoms with E-state index in [-0.39, 0.29) is 24.2 Å². The van der Waals surface area contributed by atoms with Gasteiger partial charge in [0.05, 0.1) is 0 Å². The lowest BCUT2D eigenvalue weighted by Crippen LogP contribution is -2.38. The molecule has 0 aliphatic heterocycles. The molecule has 0 spiro atoms. The van der Waals surface area contributed by atoms with Gasteiger partial charge < -0.3 is 10.2 Å². The summed E-state index contributed by atoms with van der Waals surface area (Å²) < 4.78 is 19.8. The molecule has 0 saturated heterocycles. The van der Waals surface area contributed by atoms with Crippen LogP contribution in [0, 0.1) is 11.7 Å². The molecule has 11 heteroatoms. The van der Waals surface area contributed by atoms with Crippen LogP contribution in [0.4, 0.5) is 10.2 Å². The molecule has 0 radical (unpaired) electrons. The van der Waals surface area contributed by atoms with Gasteiger partial charge >= 0.3 is 11.4 Å². The standard InChI is InChI=1S/C18H18FN5O5/c1-9(2)7-23-14(20)13(15(26)21-17(23)27)12(25)8-24-18(28)29-16(22-24)10-3-5-11(19)6-4-10/h3-6,9H,7-8,20H2,1-2H3,(H,21,26,27). The number of nitrogens with zero attached hydrogens (tertiary/aromatic N) is 3. The highest BCUT2D eigenvalue weighted by atomic mass is 19.1. The maximum atomic E-state index is 13.0. The number of aromatic nitrogens is 4. The van der Waals surface area contributed by atoms with Gasteiger partial charge in [-0.1, -0.05) is 13.8 Å². The van der Waals surface area contributed by atoms with E-state index in [4.69, 9.17) is 10.2 Å². The monoisotopic (exact) mass is 403 g/mol. The summed E-state index contributed by atoms with van der Waals surface area (Å²) in [5.74, 6) is -2.61. The van der Waals surface area contributed by atoms with Crippen molar-refractivity contribution in [2.75, 3.05) is 5.73 Å². The average Bonchev–Trinajstić information content (AvgIpc) is 2.99. The predicted molar refractivity (Wildman–Crippen MR) is 101 cm³/mol. The summed E-state index contributed by atoms with van der Waals surface area (Å²) in [4.78, 5) is 50.8. The molecule has 0 unspecified atom stereocenters. The van der Waals surface area contributed by atoms with Gasteiger partial charge in [0, 0.05) is 12.1 Å². The number of nitrogen functional groups attached to an aromatic ring is 1. The van der Waals surface area contributed by atoms with E-state index in [2.05, 4.69) is 10.1 Å². The second kappa shape index (κ2) is 7.70. The van der Waals surface area contributed by atoms with E-state index in [1.54, 1.807) is 0 Å². The second-order valence-corrected chi connectivity index (χ2v) is 6.78. The Morgan fingerprint density at radius 2 is 1.90 bits per heavy atom. The number of carbonyl (C=O) groups excluding carboxylic acids is 1. The Morgan fingerprint density at radius 1 is 1.24 bits per heavy atom. The average molecular weight is 403 g/mol. The number of rotatable bonds is 6. The molecule has 0 aliphatic carbocycles. The minimum absolute atomic E-state index is 0.0280. The number of carbonyl (C=O) groups is 1. The molecule has 10 nitrogen and oxygen atoms in total. The van der Waals surface area contributed by atoms with Crippen LogP contribution in [0.5, 0.6) is 0 Å². The molecule has 2 aromatic heterocycles. The molecule has 0 aliphatic rings. The number of ketones is 1. The van der Waals surface area contributed by atoms with E-state index in [9.17, 15) is 23.6 Å². The Bertz CT molecular complexity index is 1230. The summed E-state index contributed by atoms with van der Waals surface area (Å²) in [6.07, 6.45) is 0. The van der Waals surface area contributed by atoms with Crippen molar-refractivity contribution < 1.29 is 13.6 Å². The van der Waals surface area contributed by atoms with E-state index in [1.807, 2.05) is 13.8 Å². The van der Waals surface area contributed by atoms with Crippen LogP contribution in [0.3, 0.4) is 0 Å². The molecule has 152 valence electrons. The lowest BCUT2D eigenvalue weighted by atomic mass is 10.1. The normalized spacial score (nSPS) is 11.2. The number of anilines is 1. The smallest absolute Gasteiger partial charge is 0.388 e. The molecular formula is C18H18FN5O5. The Labute approximate surface area is 162 Å². The van der Waals surface area contributed by atoms with Crippen LogP contribution in [0.1, 0.15) is 24.2 Å². The third kappa shape index (κ3) is 4.08. The van der Waals surface area contributed by atoms with Gasteiger partial charge in [-0.05, 0) is 30.2 Å². The summed E-state index contributed by atoms with van der Waals surface area (Å²) in [6, 6.07) is 5.05. The molecule has 0 fully saturated rings. The molecule has 3 rings (SSSR count). The van der Waals surface area contributed by atoms with E-state index in [0.29, 0.717) is 5.56 Å². The number of halogens is 1. The van der Waals surface area contributed by atoms with E-state index < -0.39 is 40.7 Å². The van der Waals surface area contributed by atoms with Crippen LogP contribution in [-0.2, 0) is 13.1 Å². The number of benzene rings is 1. The maximum Gasteiger partial charge on any atom is 0.437 e. The van der Waals surface area contributed by atoms with Gasteiger partial charge in [-0.3, -0.25) is 19.1 Å². The van der Waals surface area contributed by atoms with Crippen molar-refractivity contribution in [1.29, 1.82) is 0 Å². The number of Topliss-reactive ketones (excluding diaryl/α,β-unsaturated/α-hetero) is 1. The number of hydrogen-bond donors (Lipinski definition) is 2. The molecule has 0 atom stereocenters. The number of nitrogens with one attached hydrogen (secondary N) is 1. The summed E-state index contributed by atoms with van der Waals surface area (Å²) >= 11 is 0. The van der Waals surface area contributed by atoms with Crippen molar-refractivity contribution in [1.82, 2.24) is 19.3 Å². The highest BCUT2D eigenvalue weighted by Crippen LogP contribution is 2.16. The SMILES string of the molecule is CC(C)Cn1c(N)c(C(=O)Cn2nc(-c3ccc(F)cc3)oc2=O)c(=O)[nH]c1=O. The van der Waals surface area contributed by atoms with Crippen LogP contribution < -0.4 is 22.7 Å². The van der Waals surface area contributed by atoms with Crippen molar-refractivity contribution in [3.05, 3.63) is 67.0 Å². The van der Waals surface area contributed by atoms with Gasteiger partial charge in [0.1, 0.15) is 23.7 Å². The van der Waals surface area contributed by atoms with Crippen LogP contribution >= 0.6 is 0 Å². The van der Waals surface area contributed by atoms with Gasteiger partial charge in [0.25, 0.3) is 5.56 Å². The fourth-order valence-corrected chi connectivity index (χ4v) is 2.73. The zero-order valence-corrected chi connectivity index (χ0v) is 15.6. The molecule has 3 N–H and O–H groups in total. The fraction of sp³-hybridized carbons (Fsp3) is 0.278. The third-order valence-corrected chi connectivity index (χ3v) is 4.06. The zero-order valence-electron chi connectivity index (χ0n) is 15.6. The first-order valence-corrected chi connectivity index (χ1v) is 8.67. The molecule has 0 bridgehead atoms. The summed E-state index contributed by atoms with van der Waals surface area (Å²) in [5.41, 5.74) is 4.10. The summed E-state index contributed by atoms with van der Waals surface area (Å²) in [6.45, 7) is 3.24. The number of hydrogen-bond acceptors (Lipinski definition) is 7. The van der Waals surface area contributed by atoms with Gasteiger partial charge in [-0.25, -0.2) is 14.0 Å². The Morgan fingerprint density at radius 3 is 2.52 bits per heavy atom. The third-order valence-electron chi connectivity index (χ3n) is 4.06. The van der Waals surface area contributed by atoms with Crippen LogP contribution in [0.15, 0.2) is 43.1 Å². The van der Waals surface area contributed by atoms with E-state index in [1.165, 1.54) is 12.1 Å². The van der Waals surface area contributed by atoms with Gasteiger partial charge in [0.2, 0.25) is 5.89 Å². The van der Waals surface area contributed by atoms with Gasteiger partial charge in [-0.15, -0.1) is 5.10 Å². The minimum atomic E-state index is -0.951. The highest BCUT2D eigenvalue weighted by molar-refractivity contribution is 5.99. The number of nitrogens with two attached hydrogens (primary N) is 1. The molecule has 3 aromatic rings. The second-order valence-electron chi connectivity index (χ2n) is 6.78. The maximum absolute atomic E-state index is 13.0. The van der Waals surface area contributed by atoms with Crippen molar-refractivity contribution >= 4 is 11.6 Å². The summed E-state index contributed by atoms with van der Waals surface area (Å²) in [5, 5.41) is 3.90. The highest BCUT2D eigenvalue weighted by Gasteiger charge is 2.22. The predicted octanol–water partition coefficient (Wildman–Crippen LogP) is 0.613. The number of aromatic amines is 1. The van der Waals surface area contributed by atoms with E-state index >= 15 is 0 Å². The lowest BCUT2D eigenvalue weighted by molar-refractivity contribution is 0.0963. The molecule has 0 saturated carbocycles. The van der Waals surface area contributed by atoms with Crippen molar-refractivity contribution in [2.45, 2.75) is 26.9 Å². The molecule has 29 heavy (non-hydrogen) atoms. The Balaban J connectivity index is 1.95. The van der Waals surface area contributed by atoms with Gasteiger partial charge in [-0.2, -0.15) is 4.68 Å².